The van der Waals surface area contributed by atoms with Gasteiger partial charge in [0.25, 0.3) is 0 Å². The molecule has 1 heterocycles. The third-order valence-electron chi connectivity index (χ3n) is 6.35. The highest BCUT2D eigenvalue weighted by molar-refractivity contribution is 5.85. The van der Waals surface area contributed by atoms with Crippen molar-refractivity contribution in [2.45, 2.75) is 62.0 Å². The molecule has 0 radical (unpaired) electrons. The predicted molar refractivity (Wildman–Crippen MR) is 111 cm³/mol. The second kappa shape index (κ2) is 6.88. The van der Waals surface area contributed by atoms with Crippen molar-refractivity contribution in [2.75, 3.05) is 0 Å². The van der Waals surface area contributed by atoms with Crippen LogP contribution in [0.4, 0.5) is 0 Å². The monoisotopic (exact) mass is 364 g/mol. The van der Waals surface area contributed by atoms with Gasteiger partial charge in [-0.1, -0.05) is 0 Å². The number of hydrogen-bond donors (Lipinski definition) is 0. The third kappa shape index (κ3) is 3.05. The van der Waals surface area contributed by atoms with Gasteiger partial charge >= 0.3 is 5.63 Å². The fraction of sp³-hybridized carbons (Fsp3) is 0.375. The lowest BCUT2D eigenvalue weighted by Gasteiger charge is -2.20. The number of benzene rings is 2. The first-order valence-corrected chi connectivity index (χ1v) is 9.37. The van der Waals surface area contributed by atoms with Crippen LogP contribution in [-0.4, -0.2) is 0 Å². The molecule has 0 aliphatic carbocycles. The molecular weight excluding hydrogens is 336 g/mol. The molecule has 1 aromatic heterocycles. The molecule has 3 aromatic rings. The Kier molecular flexibility index (Phi) is 4.90. The van der Waals surface area contributed by atoms with Crippen molar-refractivity contribution < 1.29 is 9.15 Å². The summed E-state index contributed by atoms with van der Waals surface area (Å²) in [5.74, 6) is 0.753. The van der Waals surface area contributed by atoms with Gasteiger partial charge in [0.05, 0.1) is 0 Å². The Morgan fingerprint density at radius 2 is 1.26 bits per heavy atom. The number of hydrogen-bond acceptors (Lipinski definition) is 3. The highest BCUT2D eigenvalue weighted by Crippen LogP contribution is 2.31. The van der Waals surface area contributed by atoms with Gasteiger partial charge in [0.2, 0.25) is 0 Å². The van der Waals surface area contributed by atoms with Gasteiger partial charge in [-0.2, -0.15) is 0 Å². The highest BCUT2D eigenvalue weighted by atomic mass is 16.5. The fourth-order valence-corrected chi connectivity index (χ4v) is 3.73. The summed E-state index contributed by atoms with van der Waals surface area (Å²) in [6, 6.07) is 3.96. The van der Waals surface area contributed by atoms with Crippen LogP contribution in [0.3, 0.4) is 0 Å². The normalized spacial score (nSPS) is 11.3. The van der Waals surface area contributed by atoms with Crippen LogP contribution in [0, 0.1) is 55.4 Å². The Balaban J connectivity index is 2.04. The Morgan fingerprint density at radius 3 is 1.85 bits per heavy atom. The van der Waals surface area contributed by atoms with Crippen molar-refractivity contribution in [3.8, 4) is 5.75 Å². The molecule has 0 amide bonds. The summed E-state index contributed by atoms with van der Waals surface area (Å²) in [5, 5.41) is 0.964. The van der Waals surface area contributed by atoms with Crippen molar-refractivity contribution in [3.05, 3.63) is 72.6 Å². The molecule has 0 saturated carbocycles. The first-order chi connectivity index (χ1) is 12.6. The summed E-state index contributed by atoms with van der Waals surface area (Å²) in [7, 11) is 0. The van der Waals surface area contributed by atoms with E-state index >= 15 is 0 Å². The first-order valence-electron chi connectivity index (χ1n) is 9.37. The van der Waals surface area contributed by atoms with Gasteiger partial charge in [-0.3, -0.25) is 0 Å². The van der Waals surface area contributed by atoms with E-state index < -0.39 is 0 Å². The van der Waals surface area contributed by atoms with Crippen molar-refractivity contribution >= 4 is 11.0 Å². The zero-order chi connectivity index (χ0) is 20.0. The summed E-state index contributed by atoms with van der Waals surface area (Å²) in [4.78, 5) is 12.1. The van der Waals surface area contributed by atoms with E-state index in [4.69, 9.17) is 9.15 Å². The summed E-state index contributed by atoms with van der Waals surface area (Å²) in [6.45, 7) is 17.0. The molecular formula is C24H28O3. The van der Waals surface area contributed by atoms with Gasteiger partial charge in [0.1, 0.15) is 17.9 Å². The van der Waals surface area contributed by atoms with E-state index in [2.05, 4.69) is 34.6 Å². The van der Waals surface area contributed by atoms with E-state index in [1.54, 1.807) is 6.92 Å². The van der Waals surface area contributed by atoms with Crippen LogP contribution in [0.25, 0.3) is 11.0 Å². The van der Waals surface area contributed by atoms with Crippen LogP contribution in [0.1, 0.15) is 50.1 Å². The summed E-state index contributed by atoms with van der Waals surface area (Å²) in [5.41, 5.74) is 10.6. The smallest absolute Gasteiger partial charge is 0.339 e. The van der Waals surface area contributed by atoms with Gasteiger partial charge < -0.3 is 9.15 Å². The zero-order valence-electron chi connectivity index (χ0n) is 17.6. The minimum Gasteiger partial charge on any atom is -0.488 e. The van der Waals surface area contributed by atoms with Crippen LogP contribution in [0.2, 0.25) is 0 Å². The number of rotatable bonds is 3. The van der Waals surface area contributed by atoms with Gasteiger partial charge in [-0.25, -0.2) is 4.79 Å². The minimum atomic E-state index is -0.281. The maximum Gasteiger partial charge on any atom is 0.339 e. The second-order valence-corrected chi connectivity index (χ2v) is 7.60. The topological polar surface area (TPSA) is 39.4 Å². The lowest BCUT2D eigenvalue weighted by Crippen LogP contribution is -2.08. The molecule has 3 nitrogen and oxygen atoms in total. The van der Waals surface area contributed by atoms with Crippen LogP contribution < -0.4 is 10.4 Å². The predicted octanol–water partition coefficient (Wildman–Crippen LogP) is 5.84. The SMILES string of the molecule is Cc1c(C)c(C)c(COc2ccc3c(C)c(C)c(=O)oc3c2C)c(C)c1C. The van der Waals surface area contributed by atoms with Gasteiger partial charge in [-0.15, -0.1) is 0 Å². The van der Waals surface area contributed by atoms with Gasteiger partial charge in [0.15, 0.2) is 0 Å². The molecule has 0 aliphatic heterocycles. The summed E-state index contributed by atoms with van der Waals surface area (Å²) < 4.78 is 11.8. The third-order valence-corrected chi connectivity index (χ3v) is 6.35. The molecule has 0 saturated heterocycles. The average Bonchev–Trinajstić information content (AvgIpc) is 2.65. The average molecular weight is 364 g/mol. The fourth-order valence-electron chi connectivity index (χ4n) is 3.73. The largest absolute Gasteiger partial charge is 0.488 e. The van der Waals surface area contributed by atoms with E-state index in [1.807, 2.05) is 26.0 Å². The van der Waals surface area contributed by atoms with Gasteiger partial charge in [-0.05, 0) is 106 Å². The van der Waals surface area contributed by atoms with Crippen LogP contribution in [0.15, 0.2) is 21.3 Å². The van der Waals surface area contributed by atoms with Crippen LogP contribution >= 0.6 is 0 Å². The van der Waals surface area contributed by atoms with Crippen molar-refractivity contribution in [1.29, 1.82) is 0 Å². The molecule has 0 atom stereocenters. The molecule has 2 aromatic carbocycles. The van der Waals surface area contributed by atoms with E-state index in [9.17, 15) is 4.79 Å². The molecule has 3 rings (SSSR count). The number of ether oxygens (including phenoxy) is 1. The minimum absolute atomic E-state index is 0.281. The van der Waals surface area contributed by atoms with E-state index in [-0.39, 0.29) is 5.63 Å². The molecule has 3 heteroatoms. The Bertz CT molecular complexity index is 1090. The van der Waals surface area contributed by atoms with Crippen LogP contribution in [0.5, 0.6) is 5.75 Å². The maximum atomic E-state index is 12.1. The Morgan fingerprint density at radius 1 is 0.704 bits per heavy atom. The first kappa shape index (κ1) is 19.2. The molecule has 0 N–H and O–H groups in total. The van der Waals surface area contributed by atoms with Crippen molar-refractivity contribution in [2.24, 2.45) is 0 Å². The lowest BCUT2D eigenvalue weighted by molar-refractivity contribution is 0.302. The molecule has 0 bridgehead atoms. The molecule has 0 spiro atoms. The molecule has 0 unspecified atom stereocenters. The second-order valence-electron chi connectivity index (χ2n) is 7.60. The standard InChI is InChI=1S/C24H28O3/c1-12-13(2)15(4)21(16(5)14(12)3)11-26-22-10-9-20-17(6)18(7)24(25)27-23(20)19(22)8/h9-10H,11H2,1-8H3. The quantitative estimate of drug-likeness (QED) is 0.548. The summed E-state index contributed by atoms with van der Waals surface area (Å²) in [6.07, 6.45) is 0. The Labute approximate surface area is 161 Å². The van der Waals surface area contributed by atoms with E-state index in [0.29, 0.717) is 17.8 Å². The number of fused-ring (bicyclic) bond motifs is 1. The summed E-state index contributed by atoms with van der Waals surface area (Å²) >= 11 is 0. The molecule has 142 valence electrons. The van der Waals surface area contributed by atoms with E-state index in [0.717, 1.165) is 22.3 Å². The van der Waals surface area contributed by atoms with Crippen LogP contribution in [-0.2, 0) is 6.61 Å². The molecule has 0 aliphatic rings. The lowest BCUT2D eigenvalue weighted by atomic mass is 9.90. The zero-order valence-corrected chi connectivity index (χ0v) is 17.6. The number of aryl methyl sites for hydroxylation is 2. The maximum absolute atomic E-state index is 12.1. The molecule has 0 fully saturated rings. The molecule has 27 heavy (non-hydrogen) atoms. The van der Waals surface area contributed by atoms with Crippen molar-refractivity contribution in [3.63, 3.8) is 0 Å². The van der Waals surface area contributed by atoms with Gasteiger partial charge in [0, 0.05) is 16.5 Å². The Hall–Kier alpha value is -2.55. The highest BCUT2D eigenvalue weighted by Gasteiger charge is 2.15. The van der Waals surface area contributed by atoms with E-state index in [1.165, 1.54) is 33.4 Å². The van der Waals surface area contributed by atoms with Crippen molar-refractivity contribution in [1.82, 2.24) is 0 Å².